The normalized spacial score (nSPS) is 16.9. The number of carbonyl (C=O) groups excluding carboxylic acids is 2. The quantitative estimate of drug-likeness (QED) is 0.695. The summed E-state index contributed by atoms with van der Waals surface area (Å²) in [5, 5.41) is 9.21. The molecule has 0 spiro atoms. The van der Waals surface area contributed by atoms with Crippen LogP contribution in [0.1, 0.15) is 39.0 Å². The Balaban J connectivity index is 2.51. The Morgan fingerprint density at radius 2 is 2.00 bits per heavy atom. The third-order valence-electron chi connectivity index (χ3n) is 3.38. The molecule has 1 amide bonds. The molecule has 100 valence electrons. The van der Waals surface area contributed by atoms with Gasteiger partial charge in [-0.3, -0.25) is 9.59 Å². The molecule has 0 bridgehead atoms. The number of esters is 1. The second-order valence-electron chi connectivity index (χ2n) is 4.68. The summed E-state index contributed by atoms with van der Waals surface area (Å²) in [6, 6.07) is 2.16. The summed E-state index contributed by atoms with van der Waals surface area (Å²) in [5.41, 5.74) is -0.858. The molecule has 0 aliphatic heterocycles. The van der Waals surface area contributed by atoms with Crippen molar-refractivity contribution < 1.29 is 14.3 Å². The number of amides is 1. The predicted octanol–water partition coefficient (Wildman–Crippen LogP) is 1.48. The van der Waals surface area contributed by atoms with E-state index in [-0.39, 0.29) is 18.3 Å². The van der Waals surface area contributed by atoms with E-state index in [1.807, 2.05) is 0 Å². The smallest absolute Gasteiger partial charge is 0.307 e. The van der Waals surface area contributed by atoms with E-state index in [9.17, 15) is 14.9 Å². The van der Waals surface area contributed by atoms with Gasteiger partial charge in [-0.2, -0.15) is 5.26 Å². The lowest BCUT2D eigenvalue weighted by Crippen LogP contribution is -2.40. The first-order valence-electron chi connectivity index (χ1n) is 6.38. The molecule has 1 rings (SSSR count). The van der Waals surface area contributed by atoms with Gasteiger partial charge in [-0.1, -0.05) is 12.8 Å². The number of rotatable bonds is 5. The van der Waals surface area contributed by atoms with Crippen LogP contribution in [-0.2, 0) is 14.3 Å². The SMILES string of the molecule is CCOC(=O)CCN(C)C(=O)C1(C#N)CCCC1. The summed E-state index contributed by atoms with van der Waals surface area (Å²) in [6.45, 7) is 2.40. The molecule has 18 heavy (non-hydrogen) atoms. The van der Waals surface area contributed by atoms with Crippen LogP contribution in [-0.4, -0.2) is 37.0 Å². The standard InChI is InChI=1S/C13H20N2O3/c1-3-18-11(16)6-9-15(2)12(17)13(10-14)7-4-5-8-13/h3-9H2,1-2H3. The van der Waals surface area contributed by atoms with Crippen molar-refractivity contribution in [3.05, 3.63) is 0 Å². The first-order valence-corrected chi connectivity index (χ1v) is 6.38. The monoisotopic (exact) mass is 252 g/mol. The molecule has 0 saturated heterocycles. The topological polar surface area (TPSA) is 70.4 Å². The van der Waals surface area contributed by atoms with Gasteiger partial charge < -0.3 is 9.64 Å². The molecule has 5 heteroatoms. The summed E-state index contributed by atoms with van der Waals surface area (Å²) in [7, 11) is 1.64. The maximum absolute atomic E-state index is 12.2. The van der Waals surface area contributed by atoms with Crippen molar-refractivity contribution in [3.63, 3.8) is 0 Å². The predicted molar refractivity (Wildman–Crippen MR) is 65.4 cm³/mol. The molecule has 0 atom stereocenters. The first kappa shape index (κ1) is 14.5. The van der Waals surface area contributed by atoms with Crippen LogP contribution in [0.5, 0.6) is 0 Å². The van der Waals surface area contributed by atoms with Crippen LogP contribution in [0.3, 0.4) is 0 Å². The van der Waals surface area contributed by atoms with Crippen LogP contribution in [0, 0.1) is 16.7 Å². The molecule has 0 unspecified atom stereocenters. The van der Waals surface area contributed by atoms with Crippen molar-refractivity contribution in [3.8, 4) is 6.07 Å². The maximum atomic E-state index is 12.2. The second-order valence-corrected chi connectivity index (χ2v) is 4.68. The number of ether oxygens (including phenoxy) is 1. The van der Waals surface area contributed by atoms with E-state index >= 15 is 0 Å². The Morgan fingerprint density at radius 1 is 1.39 bits per heavy atom. The fourth-order valence-corrected chi connectivity index (χ4v) is 2.31. The number of nitrogens with zero attached hydrogens (tertiary/aromatic N) is 2. The number of hydrogen-bond donors (Lipinski definition) is 0. The van der Waals surface area contributed by atoms with Crippen molar-refractivity contribution in [2.45, 2.75) is 39.0 Å². The average Bonchev–Trinajstić information content (AvgIpc) is 2.85. The van der Waals surface area contributed by atoms with Gasteiger partial charge in [0.1, 0.15) is 5.41 Å². The van der Waals surface area contributed by atoms with E-state index in [0.717, 1.165) is 12.8 Å². The minimum atomic E-state index is -0.858. The lowest BCUT2D eigenvalue weighted by molar-refractivity contribution is -0.144. The highest BCUT2D eigenvalue weighted by Crippen LogP contribution is 2.38. The van der Waals surface area contributed by atoms with Gasteiger partial charge in [0.25, 0.3) is 0 Å². The van der Waals surface area contributed by atoms with Gasteiger partial charge in [0.05, 0.1) is 19.1 Å². The van der Waals surface area contributed by atoms with Crippen molar-refractivity contribution in [1.29, 1.82) is 5.26 Å². The molecule has 1 saturated carbocycles. The second kappa shape index (κ2) is 6.39. The fourth-order valence-electron chi connectivity index (χ4n) is 2.31. The summed E-state index contributed by atoms with van der Waals surface area (Å²) in [4.78, 5) is 24.9. The molecule has 5 nitrogen and oxygen atoms in total. The fraction of sp³-hybridized carbons (Fsp3) is 0.769. The van der Waals surface area contributed by atoms with Gasteiger partial charge in [-0.15, -0.1) is 0 Å². The molecule has 0 N–H and O–H groups in total. The highest BCUT2D eigenvalue weighted by Gasteiger charge is 2.43. The summed E-state index contributed by atoms with van der Waals surface area (Å²) in [5.74, 6) is -0.471. The highest BCUT2D eigenvalue weighted by atomic mass is 16.5. The van der Waals surface area contributed by atoms with Gasteiger partial charge >= 0.3 is 5.97 Å². The van der Waals surface area contributed by atoms with E-state index in [1.54, 1.807) is 14.0 Å². The van der Waals surface area contributed by atoms with Gasteiger partial charge in [0, 0.05) is 13.6 Å². The van der Waals surface area contributed by atoms with Crippen molar-refractivity contribution >= 4 is 11.9 Å². The van der Waals surface area contributed by atoms with Gasteiger partial charge in [0.2, 0.25) is 5.91 Å². The first-order chi connectivity index (χ1) is 8.55. The molecule has 1 fully saturated rings. The summed E-state index contributed by atoms with van der Waals surface area (Å²) in [6.07, 6.45) is 3.28. The molecule has 1 aliphatic rings. The molecule has 1 aliphatic carbocycles. The van der Waals surface area contributed by atoms with E-state index in [4.69, 9.17) is 4.74 Å². The lowest BCUT2D eigenvalue weighted by Gasteiger charge is -2.26. The molecular formula is C13H20N2O3. The van der Waals surface area contributed by atoms with Crippen LogP contribution in [0.25, 0.3) is 0 Å². The largest absolute Gasteiger partial charge is 0.466 e. The van der Waals surface area contributed by atoms with E-state index in [1.165, 1.54) is 4.90 Å². The number of nitriles is 1. The minimum absolute atomic E-state index is 0.160. The average molecular weight is 252 g/mol. The van der Waals surface area contributed by atoms with Crippen LogP contribution in [0.4, 0.5) is 0 Å². The lowest BCUT2D eigenvalue weighted by atomic mass is 9.86. The molecule has 0 heterocycles. The van der Waals surface area contributed by atoms with E-state index < -0.39 is 5.41 Å². The molecule has 0 radical (unpaired) electrons. The third-order valence-corrected chi connectivity index (χ3v) is 3.38. The van der Waals surface area contributed by atoms with Crippen LogP contribution in [0.15, 0.2) is 0 Å². The molecule has 0 aromatic heterocycles. The van der Waals surface area contributed by atoms with Crippen molar-refractivity contribution in [2.75, 3.05) is 20.2 Å². The molecule has 0 aromatic carbocycles. The van der Waals surface area contributed by atoms with Crippen LogP contribution >= 0.6 is 0 Å². The Labute approximate surface area is 108 Å². The zero-order valence-corrected chi connectivity index (χ0v) is 11.1. The van der Waals surface area contributed by atoms with Gasteiger partial charge in [0.15, 0.2) is 0 Å². The molecule has 0 aromatic rings. The minimum Gasteiger partial charge on any atom is -0.466 e. The highest BCUT2D eigenvalue weighted by molar-refractivity contribution is 5.86. The summed E-state index contributed by atoms with van der Waals surface area (Å²) < 4.78 is 4.81. The van der Waals surface area contributed by atoms with Crippen molar-refractivity contribution in [1.82, 2.24) is 4.90 Å². The van der Waals surface area contributed by atoms with Gasteiger partial charge in [-0.05, 0) is 19.8 Å². The van der Waals surface area contributed by atoms with Crippen molar-refractivity contribution in [2.24, 2.45) is 5.41 Å². The van der Waals surface area contributed by atoms with Gasteiger partial charge in [-0.25, -0.2) is 0 Å². The number of carbonyl (C=O) groups is 2. The third kappa shape index (κ3) is 3.22. The van der Waals surface area contributed by atoms with Crippen LogP contribution < -0.4 is 0 Å². The maximum Gasteiger partial charge on any atom is 0.307 e. The Hall–Kier alpha value is -1.57. The van der Waals surface area contributed by atoms with E-state index in [2.05, 4.69) is 6.07 Å². The zero-order chi connectivity index (χ0) is 13.6. The Bertz CT molecular complexity index is 354. The Kier molecular flexibility index (Phi) is 5.14. The summed E-state index contributed by atoms with van der Waals surface area (Å²) >= 11 is 0. The van der Waals surface area contributed by atoms with Crippen LogP contribution in [0.2, 0.25) is 0 Å². The van der Waals surface area contributed by atoms with E-state index in [0.29, 0.717) is 26.0 Å². The number of hydrogen-bond acceptors (Lipinski definition) is 4. The Morgan fingerprint density at radius 3 is 2.50 bits per heavy atom. The molecular weight excluding hydrogens is 232 g/mol. The zero-order valence-electron chi connectivity index (χ0n) is 11.1.